The van der Waals surface area contributed by atoms with Crippen LogP contribution in [0.2, 0.25) is 0 Å². The number of nitrogens with one attached hydrogen (secondary N) is 4. The number of carbonyl (C=O) groups is 8. The summed E-state index contributed by atoms with van der Waals surface area (Å²) in [6.45, 7) is 7.54. The highest BCUT2D eigenvalue weighted by Gasteiger charge is 2.48. The molecule has 618 valence electrons. The smallest absolute Gasteiger partial charge is 0.224 e. The monoisotopic (exact) mass is 1540 g/mol. The van der Waals surface area contributed by atoms with Gasteiger partial charge < -0.3 is 130 Å². The van der Waals surface area contributed by atoms with Crippen molar-refractivity contribution in [2.75, 3.05) is 105 Å². The topological polar surface area (TPSA) is 520 Å². The largest absolute Gasteiger partial charge is 0.394 e. The van der Waals surface area contributed by atoms with E-state index in [9.17, 15) is 79.2 Å². The fourth-order valence-corrected chi connectivity index (χ4v) is 12.3. The molecule has 4 amide bonds. The number of benzene rings is 1. The average molecular weight is 1540 g/mol. The zero-order valence-electron chi connectivity index (χ0n) is 63.3. The predicted molar refractivity (Wildman–Crippen MR) is 383 cm³/mol. The van der Waals surface area contributed by atoms with Crippen LogP contribution in [0.4, 0.5) is 5.69 Å². The molecule has 34 nitrogen and oxygen atoms in total. The van der Waals surface area contributed by atoms with Crippen molar-refractivity contribution >= 4 is 52.4 Å². The summed E-state index contributed by atoms with van der Waals surface area (Å²) in [5.41, 5.74) is 1.60. The molecule has 3 heterocycles. The maximum absolute atomic E-state index is 13.6. The summed E-state index contributed by atoms with van der Waals surface area (Å²) in [6.07, 6.45) is -2.79. The third kappa shape index (κ3) is 39.6. The number of anilines is 1. The van der Waals surface area contributed by atoms with Gasteiger partial charge in [0.25, 0.3) is 0 Å². The molecule has 0 aromatic heterocycles. The second-order valence-electron chi connectivity index (χ2n) is 26.9. The third-order valence-electron chi connectivity index (χ3n) is 17.9. The van der Waals surface area contributed by atoms with Gasteiger partial charge in [-0.2, -0.15) is 0 Å². The van der Waals surface area contributed by atoms with E-state index in [2.05, 4.69) is 21.3 Å². The first-order valence-electron chi connectivity index (χ1n) is 37.3. The van der Waals surface area contributed by atoms with Crippen molar-refractivity contribution < 1.29 is 147 Å². The van der Waals surface area contributed by atoms with Crippen LogP contribution in [0.3, 0.4) is 0 Å². The molecule has 0 saturated carbocycles. The first-order chi connectivity index (χ1) is 51.2. The molecule has 15 atom stereocenters. The van der Waals surface area contributed by atoms with Gasteiger partial charge in [0.1, 0.15) is 96.2 Å². The number of ketones is 4. The van der Waals surface area contributed by atoms with Crippen LogP contribution in [0.25, 0.3) is 0 Å². The number of aliphatic hydroxyl groups excluding tert-OH is 12. The second-order valence-corrected chi connectivity index (χ2v) is 26.9. The summed E-state index contributed by atoms with van der Waals surface area (Å²) in [6, 6.07) is 2.48. The molecule has 3 aliphatic rings. The van der Waals surface area contributed by atoms with E-state index >= 15 is 0 Å². The lowest BCUT2D eigenvalue weighted by atomic mass is 9.70. The molecule has 1 aromatic rings. The van der Waals surface area contributed by atoms with Gasteiger partial charge in [0.2, 0.25) is 23.6 Å². The summed E-state index contributed by atoms with van der Waals surface area (Å²) in [5, 5.41) is 124. The van der Waals surface area contributed by atoms with Crippen LogP contribution in [-0.2, 0) is 98.9 Å². The van der Waals surface area contributed by atoms with Gasteiger partial charge in [-0.05, 0) is 80.0 Å². The number of methoxy groups -OCH3 is 1. The van der Waals surface area contributed by atoms with E-state index in [4.69, 9.17) is 67.8 Å². The summed E-state index contributed by atoms with van der Waals surface area (Å²) in [5.74, 6) is -0.963. The van der Waals surface area contributed by atoms with Crippen LogP contribution in [0.1, 0.15) is 181 Å². The highest BCUT2D eigenvalue weighted by atomic mass is 16.7. The number of hydrogen-bond acceptors (Lipinski definition) is 30. The number of amides is 4. The molecule has 4 rings (SSSR count). The maximum atomic E-state index is 13.6. The van der Waals surface area contributed by atoms with Crippen LogP contribution < -0.4 is 21.3 Å². The molecular weight excluding hydrogens is 1410 g/mol. The van der Waals surface area contributed by atoms with Gasteiger partial charge in [-0.1, -0.05) is 45.6 Å². The second kappa shape index (κ2) is 57.0. The van der Waals surface area contributed by atoms with Gasteiger partial charge in [0.15, 0.2) is 18.9 Å². The first-order valence-corrected chi connectivity index (χ1v) is 37.3. The molecule has 3 saturated heterocycles. The van der Waals surface area contributed by atoms with Gasteiger partial charge in [-0.3, -0.25) is 38.4 Å². The number of Topliss-reactive ketones (excluding diaryl/α,β-unsaturated/α-hetero) is 4. The van der Waals surface area contributed by atoms with Gasteiger partial charge in [-0.15, -0.1) is 0 Å². The van der Waals surface area contributed by atoms with Crippen molar-refractivity contribution in [1.82, 2.24) is 16.0 Å². The van der Waals surface area contributed by atoms with E-state index in [1.54, 1.807) is 13.2 Å². The van der Waals surface area contributed by atoms with Gasteiger partial charge in [-0.25, -0.2) is 0 Å². The molecule has 1 aromatic carbocycles. The van der Waals surface area contributed by atoms with Crippen LogP contribution >= 0.6 is 0 Å². The minimum atomic E-state index is -1.40. The van der Waals surface area contributed by atoms with Crippen molar-refractivity contribution in [3.63, 3.8) is 0 Å². The minimum absolute atomic E-state index is 0.0508. The molecule has 3 fully saturated rings. The summed E-state index contributed by atoms with van der Waals surface area (Å²) >= 11 is 0. The Morgan fingerprint density at radius 2 is 0.785 bits per heavy atom. The average Bonchev–Trinajstić information content (AvgIpc) is 0.823. The molecule has 0 bridgehead atoms. The Balaban J connectivity index is 0.000000866. The number of ether oxygens (including phenoxy) is 10. The van der Waals surface area contributed by atoms with Crippen molar-refractivity contribution in [2.45, 2.75) is 275 Å². The first kappa shape index (κ1) is 98.0. The Bertz CT molecular complexity index is 2590. The lowest BCUT2D eigenvalue weighted by Crippen LogP contribution is -2.64. The highest BCUT2D eigenvalue weighted by Crippen LogP contribution is 2.41. The predicted octanol–water partition coefficient (Wildman–Crippen LogP) is -0.353. The Hall–Kier alpha value is -5.10. The van der Waals surface area contributed by atoms with Gasteiger partial charge in [0.05, 0.1) is 99.1 Å². The number of hydrogen-bond donors (Lipinski definition) is 16. The van der Waals surface area contributed by atoms with E-state index in [-0.39, 0.29) is 101 Å². The molecule has 15 unspecified atom stereocenters. The van der Waals surface area contributed by atoms with E-state index in [0.717, 1.165) is 56.9 Å². The zero-order valence-corrected chi connectivity index (χ0v) is 63.3. The Morgan fingerprint density at radius 3 is 1.17 bits per heavy atom. The Labute approximate surface area is 627 Å². The van der Waals surface area contributed by atoms with Crippen LogP contribution in [0, 0.1) is 5.41 Å². The Morgan fingerprint density at radius 1 is 0.421 bits per heavy atom. The fourth-order valence-electron chi connectivity index (χ4n) is 12.3. The maximum Gasteiger partial charge on any atom is 0.224 e. The molecular formula is C73H126N4O30. The third-order valence-corrected chi connectivity index (χ3v) is 17.9. The SMILES string of the molecule is CC(=O)NC1C(OCCO)OC(CO)C(O)C1O.CC(=O)NC1C(OCCO)OC(CO)C(O)C1O.CCCC(=O)CCC(CCC(=O)CCC)(CCC(=O)CCCOCCOCCOCCOC1OC(CO)C(O)C(O)C1NC(C)=O)CC(=O)CCCCCCCCC(=O)Nc1cc(CO)cc(COC)c1. The van der Waals surface area contributed by atoms with E-state index < -0.39 is 135 Å². The van der Waals surface area contributed by atoms with Crippen molar-refractivity contribution in [3.05, 3.63) is 29.3 Å². The molecule has 0 aliphatic carbocycles. The molecule has 0 radical (unpaired) electrons. The van der Waals surface area contributed by atoms with E-state index in [1.165, 1.54) is 20.8 Å². The van der Waals surface area contributed by atoms with Crippen LogP contribution in [0.15, 0.2) is 18.2 Å². The molecule has 107 heavy (non-hydrogen) atoms. The van der Waals surface area contributed by atoms with Gasteiger partial charge in [0, 0.05) is 98.0 Å². The standard InChI is InChI=1S/C53H88N2O16.2C10H19NO7/c1-5-14-43(59)19-22-53(23-20-44(60)15-6-2,35-46(62)16-11-9-7-8-10-12-18-48(63)55-42-33-40(36-56)32-41(34-42)38-66-4)24-21-45(61)17-13-25-67-26-27-68-28-29-69-30-31-70-52-49(54-39(3)58)51(65)50(64)47(37-57)71-52;2*1-5(14)11-7-9(16)8(15)6(4-13)18-10(7)17-3-2-12/h32-34,47,49-52,56-57,64-65H,5-31,35-38H2,1-4H3,(H,54,58)(H,55,63);2*6-10,12-13,15-16H,2-4H2,1H3,(H,11,14). The number of carbonyl (C=O) groups excluding carboxylic acids is 8. The van der Waals surface area contributed by atoms with Crippen molar-refractivity contribution in [1.29, 1.82) is 0 Å². The highest BCUT2D eigenvalue weighted by molar-refractivity contribution is 5.91. The quantitative estimate of drug-likeness (QED) is 0.0371. The number of aliphatic hydroxyl groups is 12. The van der Waals surface area contributed by atoms with Crippen LogP contribution in [0.5, 0.6) is 0 Å². The number of rotatable bonds is 54. The minimum Gasteiger partial charge on any atom is -0.394 e. The summed E-state index contributed by atoms with van der Waals surface area (Å²) in [7, 11) is 1.59. The lowest BCUT2D eigenvalue weighted by molar-refractivity contribution is -0.272. The summed E-state index contributed by atoms with van der Waals surface area (Å²) in [4.78, 5) is 98.7. The summed E-state index contributed by atoms with van der Waals surface area (Å²) < 4.78 is 53.8. The van der Waals surface area contributed by atoms with Crippen LogP contribution in [-0.4, -0.2) is 300 Å². The molecule has 16 N–H and O–H groups in total. The Kier molecular flexibility index (Phi) is 52.2. The van der Waals surface area contributed by atoms with Crippen molar-refractivity contribution in [2.24, 2.45) is 5.41 Å². The zero-order chi connectivity index (χ0) is 79.7. The number of unbranched alkanes of at least 4 members (excludes halogenated alkanes) is 5. The molecule has 3 aliphatic heterocycles. The molecule has 0 spiro atoms. The van der Waals surface area contributed by atoms with Crippen molar-refractivity contribution in [3.8, 4) is 0 Å². The lowest BCUT2D eigenvalue weighted by Gasteiger charge is -2.42. The fraction of sp³-hybridized carbons (Fsp3) is 0.808. The normalized spacial score (nSPS) is 24.2. The van der Waals surface area contributed by atoms with Gasteiger partial charge >= 0.3 is 0 Å². The van der Waals surface area contributed by atoms with E-state index in [0.29, 0.717) is 108 Å². The molecule has 34 heteroatoms. The van der Waals surface area contributed by atoms with E-state index in [1.807, 2.05) is 26.0 Å².